The van der Waals surface area contributed by atoms with Gasteiger partial charge >= 0.3 is 0 Å². The van der Waals surface area contributed by atoms with Crippen LogP contribution in [-0.4, -0.2) is 55.0 Å². The van der Waals surface area contributed by atoms with Crippen LogP contribution in [0.2, 0.25) is 0 Å². The van der Waals surface area contributed by atoms with E-state index in [0.717, 1.165) is 43.9 Å². The zero-order valence-corrected chi connectivity index (χ0v) is 11.9. The first-order valence-corrected chi connectivity index (χ1v) is 6.91. The van der Waals surface area contributed by atoms with Gasteiger partial charge in [-0.3, -0.25) is 9.69 Å². The molecule has 0 aromatic heterocycles. The molecule has 1 aliphatic rings. The minimum absolute atomic E-state index is 0.157. The van der Waals surface area contributed by atoms with Crippen LogP contribution in [0, 0.1) is 13.8 Å². The first-order valence-electron chi connectivity index (χ1n) is 6.91. The van der Waals surface area contributed by atoms with E-state index in [-0.39, 0.29) is 5.91 Å². The Hall–Kier alpha value is -1.39. The van der Waals surface area contributed by atoms with E-state index >= 15 is 0 Å². The third-order valence-corrected chi connectivity index (χ3v) is 3.72. The topological polar surface area (TPSA) is 49.6 Å². The number of nitrogens with two attached hydrogens (primary N) is 1. The van der Waals surface area contributed by atoms with Crippen LogP contribution in [-0.2, 0) is 0 Å². The van der Waals surface area contributed by atoms with Gasteiger partial charge in [-0.2, -0.15) is 0 Å². The monoisotopic (exact) mass is 261 g/mol. The fourth-order valence-corrected chi connectivity index (χ4v) is 2.58. The van der Waals surface area contributed by atoms with E-state index in [1.165, 1.54) is 5.56 Å². The van der Waals surface area contributed by atoms with Crippen molar-refractivity contribution >= 4 is 5.91 Å². The molecule has 1 heterocycles. The van der Waals surface area contributed by atoms with Crippen molar-refractivity contribution in [3.05, 3.63) is 34.9 Å². The van der Waals surface area contributed by atoms with Gasteiger partial charge in [0.15, 0.2) is 0 Å². The maximum Gasteiger partial charge on any atom is 0.254 e. The van der Waals surface area contributed by atoms with Gasteiger partial charge in [0, 0.05) is 44.8 Å². The van der Waals surface area contributed by atoms with Crippen molar-refractivity contribution in [2.45, 2.75) is 13.8 Å². The molecule has 0 aliphatic carbocycles. The fourth-order valence-electron chi connectivity index (χ4n) is 2.58. The third-order valence-electron chi connectivity index (χ3n) is 3.72. The lowest BCUT2D eigenvalue weighted by Gasteiger charge is -2.34. The molecule has 4 heteroatoms. The zero-order valence-electron chi connectivity index (χ0n) is 11.9. The van der Waals surface area contributed by atoms with Crippen molar-refractivity contribution in [1.82, 2.24) is 9.80 Å². The summed E-state index contributed by atoms with van der Waals surface area (Å²) in [5.74, 6) is 0.157. The highest BCUT2D eigenvalue weighted by Crippen LogP contribution is 2.14. The van der Waals surface area contributed by atoms with E-state index in [9.17, 15) is 4.79 Å². The first-order chi connectivity index (χ1) is 9.11. The van der Waals surface area contributed by atoms with E-state index in [2.05, 4.69) is 11.0 Å². The number of hydrogen-bond donors (Lipinski definition) is 1. The number of carbonyl (C=O) groups is 1. The Kier molecular flexibility index (Phi) is 4.56. The maximum absolute atomic E-state index is 12.5. The van der Waals surface area contributed by atoms with E-state index < -0.39 is 0 Å². The summed E-state index contributed by atoms with van der Waals surface area (Å²) >= 11 is 0. The Balaban J connectivity index is 2.01. The average Bonchev–Trinajstić information content (AvgIpc) is 2.39. The number of nitrogens with zero attached hydrogens (tertiary/aromatic N) is 2. The molecule has 1 aromatic carbocycles. The summed E-state index contributed by atoms with van der Waals surface area (Å²) in [6.07, 6.45) is 0. The molecule has 1 aliphatic heterocycles. The smallest absolute Gasteiger partial charge is 0.254 e. The van der Waals surface area contributed by atoms with Crippen LogP contribution in [0.5, 0.6) is 0 Å². The second kappa shape index (κ2) is 6.17. The molecule has 0 spiro atoms. The summed E-state index contributed by atoms with van der Waals surface area (Å²) in [4.78, 5) is 16.7. The molecule has 104 valence electrons. The Morgan fingerprint density at radius 2 is 1.89 bits per heavy atom. The van der Waals surface area contributed by atoms with Gasteiger partial charge in [0.25, 0.3) is 5.91 Å². The molecule has 2 N–H and O–H groups in total. The van der Waals surface area contributed by atoms with Crippen molar-refractivity contribution in [3.8, 4) is 0 Å². The number of benzene rings is 1. The number of carbonyl (C=O) groups excluding carboxylic acids is 1. The number of piperazine rings is 1. The number of rotatable bonds is 3. The van der Waals surface area contributed by atoms with Gasteiger partial charge in [-0.05, 0) is 25.5 Å². The molecule has 0 unspecified atom stereocenters. The van der Waals surface area contributed by atoms with Gasteiger partial charge in [-0.15, -0.1) is 0 Å². The predicted molar refractivity (Wildman–Crippen MR) is 77.3 cm³/mol. The molecule has 0 saturated carbocycles. The number of hydrogen-bond acceptors (Lipinski definition) is 3. The summed E-state index contributed by atoms with van der Waals surface area (Å²) in [6.45, 7) is 9.11. The molecule has 0 atom stereocenters. The average molecular weight is 261 g/mol. The minimum Gasteiger partial charge on any atom is -0.336 e. The van der Waals surface area contributed by atoms with Crippen LogP contribution in [0.15, 0.2) is 18.2 Å². The van der Waals surface area contributed by atoms with Gasteiger partial charge in [0.1, 0.15) is 0 Å². The molecule has 1 aromatic rings. The lowest BCUT2D eigenvalue weighted by atomic mass is 10.0. The zero-order chi connectivity index (χ0) is 13.8. The van der Waals surface area contributed by atoms with Crippen molar-refractivity contribution in [2.75, 3.05) is 39.3 Å². The summed E-state index contributed by atoms with van der Waals surface area (Å²) < 4.78 is 0. The Morgan fingerprint density at radius 3 is 2.47 bits per heavy atom. The van der Waals surface area contributed by atoms with Gasteiger partial charge in [0.05, 0.1) is 0 Å². The highest BCUT2D eigenvalue weighted by Gasteiger charge is 2.22. The van der Waals surface area contributed by atoms with E-state index in [1.807, 2.05) is 30.9 Å². The second-order valence-corrected chi connectivity index (χ2v) is 5.24. The predicted octanol–water partition coefficient (Wildman–Crippen LogP) is 1.02. The third kappa shape index (κ3) is 3.33. The largest absolute Gasteiger partial charge is 0.336 e. The number of aryl methyl sites for hydroxylation is 2. The second-order valence-electron chi connectivity index (χ2n) is 5.24. The van der Waals surface area contributed by atoms with Crippen LogP contribution in [0.3, 0.4) is 0 Å². The molecule has 1 amide bonds. The number of amides is 1. The Labute approximate surface area is 115 Å². The molecular formula is C15H23N3O. The minimum atomic E-state index is 0.157. The summed E-state index contributed by atoms with van der Waals surface area (Å²) in [5, 5.41) is 0. The molecule has 1 fully saturated rings. The van der Waals surface area contributed by atoms with Gasteiger partial charge in [-0.25, -0.2) is 0 Å². The standard InChI is InChI=1S/C15H23N3O/c1-12-3-4-14(13(2)11-12)15(19)18-9-7-17(6-5-16)8-10-18/h3-4,11H,5-10,16H2,1-2H3. The molecular weight excluding hydrogens is 238 g/mol. The van der Waals surface area contributed by atoms with Crippen LogP contribution >= 0.6 is 0 Å². The van der Waals surface area contributed by atoms with Crippen molar-refractivity contribution in [1.29, 1.82) is 0 Å². The van der Waals surface area contributed by atoms with Gasteiger partial charge in [0.2, 0.25) is 0 Å². The molecule has 19 heavy (non-hydrogen) atoms. The first kappa shape index (κ1) is 14.0. The summed E-state index contributed by atoms with van der Waals surface area (Å²) in [6, 6.07) is 6.02. The highest BCUT2D eigenvalue weighted by atomic mass is 16.2. The summed E-state index contributed by atoms with van der Waals surface area (Å²) in [5.41, 5.74) is 8.65. The van der Waals surface area contributed by atoms with Crippen LogP contribution in [0.25, 0.3) is 0 Å². The van der Waals surface area contributed by atoms with Crippen molar-refractivity contribution in [2.24, 2.45) is 5.73 Å². The van der Waals surface area contributed by atoms with Gasteiger partial charge < -0.3 is 10.6 Å². The van der Waals surface area contributed by atoms with E-state index in [4.69, 9.17) is 5.73 Å². The lowest BCUT2D eigenvalue weighted by Crippen LogP contribution is -2.49. The van der Waals surface area contributed by atoms with Crippen molar-refractivity contribution < 1.29 is 4.79 Å². The fraction of sp³-hybridized carbons (Fsp3) is 0.533. The maximum atomic E-state index is 12.5. The molecule has 2 rings (SSSR count). The van der Waals surface area contributed by atoms with Gasteiger partial charge in [-0.1, -0.05) is 17.7 Å². The molecule has 4 nitrogen and oxygen atoms in total. The van der Waals surface area contributed by atoms with Crippen LogP contribution in [0.1, 0.15) is 21.5 Å². The Morgan fingerprint density at radius 1 is 1.21 bits per heavy atom. The van der Waals surface area contributed by atoms with E-state index in [1.54, 1.807) is 0 Å². The van der Waals surface area contributed by atoms with Crippen LogP contribution in [0.4, 0.5) is 0 Å². The lowest BCUT2D eigenvalue weighted by molar-refractivity contribution is 0.0640. The molecule has 0 bridgehead atoms. The SMILES string of the molecule is Cc1ccc(C(=O)N2CCN(CCN)CC2)c(C)c1. The molecule has 0 radical (unpaired) electrons. The summed E-state index contributed by atoms with van der Waals surface area (Å²) in [7, 11) is 0. The van der Waals surface area contributed by atoms with Crippen LogP contribution < -0.4 is 5.73 Å². The molecule has 1 saturated heterocycles. The highest BCUT2D eigenvalue weighted by molar-refractivity contribution is 5.95. The normalized spacial score (nSPS) is 16.7. The van der Waals surface area contributed by atoms with E-state index in [0.29, 0.717) is 6.54 Å². The quantitative estimate of drug-likeness (QED) is 0.884. The van der Waals surface area contributed by atoms with Crippen molar-refractivity contribution in [3.63, 3.8) is 0 Å². The Bertz CT molecular complexity index is 451.